The highest BCUT2D eigenvalue weighted by atomic mass is 79.9. The van der Waals surface area contributed by atoms with Crippen LogP contribution >= 0.6 is 0 Å². The summed E-state index contributed by atoms with van der Waals surface area (Å²) in [5.41, 5.74) is 1.57. The number of pyridine rings is 1. The van der Waals surface area contributed by atoms with Crippen molar-refractivity contribution in [2.45, 2.75) is 0 Å². The van der Waals surface area contributed by atoms with Crippen LogP contribution in [-0.2, 0) is 4.79 Å². The number of hydrogen-bond donors (Lipinski definition) is 1. The number of anilines is 1. The second-order valence-corrected chi connectivity index (χ2v) is 4.21. The second-order valence-electron chi connectivity index (χ2n) is 4.21. The third-order valence-electron chi connectivity index (χ3n) is 3.01. The van der Waals surface area contributed by atoms with E-state index in [0.29, 0.717) is 5.70 Å². The van der Waals surface area contributed by atoms with Crippen molar-refractivity contribution in [2.24, 2.45) is 0 Å². The van der Waals surface area contributed by atoms with Gasteiger partial charge in [-0.2, -0.15) is 4.57 Å². The van der Waals surface area contributed by atoms with Crippen LogP contribution in [0.2, 0.25) is 0 Å². The van der Waals surface area contributed by atoms with Crippen LogP contribution in [0.15, 0.2) is 48.7 Å². The zero-order chi connectivity index (χ0) is 13.2. The number of halogens is 1. The summed E-state index contributed by atoms with van der Waals surface area (Å²) < 4.78 is 6.95. The number of methoxy groups -OCH3 is 1. The summed E-state index contributed by atoms with van der Waals surface area (Å²) in [5.74, 6) is 1.49. The number of benzene rings is 1. The molecule has 0 saturated carbocycles. The van der Waals surface area contributed by atoms with Gasteiger partial charge in [0.2, 0.25) is 5.70 Å². The maximum Gasteiger partial charge on any atom is 0.379 e. The zero-order valence-electron chi connectivity index (χ0n) is 10.8. The minimum absolute atomic E-state index is 0. The summed E-state index contributed by atoms with van der Waals surface area (Å²) in [6.45, 7) is 0. The second kappa shape index (κ2) is 5.88. The average molecular weight is 333 g/mol. The predicted octanol–water partition coefficient (Wildman–Crippen LogP) is -1.06. The SMILES string of the molecule is COc1ccc(/C=C2\C(=O)Nc3cccc[n+]32)cc1.[Br-]. The van der Waals surface area contributed by atoms with E-state index in [4.69, 9.17) is 4.74 Å². The first-order chi connectivity index (χ1) is 9.28. The molecule has 20 heavy (non-hydrogen) atoms. The van der Waals surface area contributed by atoms with Gasteiger partial charge >= 0.3 is 5.91 Å². The Morgan fingerprint density at radius 1 is 1.15 bits per heavy atom. The Kier molecular flexibility index (Phi) is 4.20. The average Bonchev–Trinajstić information content (AvgIpc) is 2.76. The van der Waals surface area contributed by atoms with Crippen LogP contribution in [0, 0.1) is 0 Å². The Labute approximate surface area is 127 Å². The third kappa shape index (κ3) is 2.58. The lowest BCUT2D eigenvalue weighted by Crippen LogP contribution is -3.00. The number of ether oxygens (including phenoxy) is 1. The number of fused-ring (bicyclic) bond motifs is 1. The normalized spacial score (nSPS) is 14.4. The molecule has 102 valence electrons. The molecule has 1 N–H and O–H groups in total. The van der Waals surface area contributed by atoms with Gasteiger partial charge in [0.15, 0.2) is 0 Å². The lowest BCUT2D eigenvalue weighted by molar-refractivity contribution is -0.556. The Morgan fingerprint density at radius 3 is 2.60 bits per heavy atom. The monoisotopic (exact) mass is 332 g/mol. The molecule has 1 aromatic heterocycles. The number of nitrogens with one attached hydrogen (secondary N) is 1. The van der Waals surface area contributed by atoms with E-state index in [1.54, 1.807) is 7.11 Å². The van der Waals surface area contributed by atoms with Gasteiger partial charge in [-0.05, 0) is 23.8 Å². The molecule has 1 aliphatic rings. The molecule has 0 saturated heterocycles. The van der Waals surface area contributed by atoms with Crippen molar-refractivity contribution in [1.29, 1.82) is 0 Å². The van der Waals surface area contributed by atoms with Crippen LogP contribution in [0.4, 0.5) is 5.82 Å². The highest BCUT2D eigenvalue weighted by Crippen LogP contribution is 2.18. The first-order valence-corrected chi connectivity index (χ1v) is 5.96. The minimum Gasteiger partial charge on any atom is -1.00 e. The molecule has 4 nitrogen and oxygen atoms in total. The first-order valence-electron chi connectivity index (χ1n) is 5.96. The molecule has 5 heteroatoms. The molecular formula is C15H13BrN2O2. The molecule has 1 amide bonds. The Bertz CT molecular complexity index is 666. The number of carbonyl (C=O) groups is 1. The molecular weight excluding hydrogens is 320 g/mol. The smallest absolute Gasteiger partial charge is 0.379 e. The Hall–Kier alpha value is -2.14. The van der Waals surface area contributed by atoms with Crippen molar-refractivity contribution in [3.63, 3.8) is 0 Å². The van der Waals surface area contributed by atoms with Crippen LogP contribution in [0.25, 0.3) is 11.8 Å². The van der Waals surface area contributed by atoms with E-state index in [-0.39, 0.29) is 22.9 Å². The standard InChI is InChI=1S/C15H12N2O2.BrH/c1-19-12-7-5-11(6-8-12)10-13-15(18)16-14-4-2-3-9-17(13)14;/h2-10H,1H3;1H/b13-10+;. The van der Waals surface area contributed by atoms with Crippen LogP contribution in [0.5, 0.6) is 5.75 Å². The van der Waals surface area contributed by atoms with E-state index in [0.717, 1.165) is 17.1 Å². The van der Waals surface area contributed by atoms with E-state index < -0.39 is 0 Å². The molecule has 3 rings (SSSR count). The van der Waals surface area contributed by atoms with Gasteiger partial charge in [0.05, 0.1) is 13.3 Å². The van der Waals surface area contributed by atoms with Gasteiger partial charge in [0.25, 0.3) is 5.82 Å². The highest BCUT2D eigenvalue weighted by molar-refractivity contribution is 6.23. The summed E-state index contributed by atoms with van der Waals surface area (Å²) in [4.78, 5) is 11.9. The topological polar surface area (TPSA) is 42.2 Å². The van der Waals surface area contributed by atoms with E-state index in [9.17, 15) is 4.79 Å². The van der Waals surface area contributed by atoms with Gasteiger partial charge in [-0.1, -0.05) is 18.2 Å². The fourth-order valence-electron chi connectivity index (χ4n) is 2.04. The Morgan fingerprint density at radius 2 is 1.90 bits per heavy atom. The molecule has 0 spiro atoms. The first kappa shape index (κ1) is 14.3. The van der Waals surface area contributed by atoms with Crippen LogP contribution in [0.1, 0.15) is 5.56 Å². The molecule has 2 aromatic rings. The quantitative estimate of drug-likeness (QED) is 0.562. The number of amides is 1. The fourth-order valence-corrected chi connectivity index (χ4v) is 2.04. The molecule has 0 atom stereocenters. The van der Waals surface area contributed by atoms with Crippen LogP contribution in [-0.4, -0.2) is 13.0 Å². The predicted molar refractivity (Wildman–Crippen MR) is 72.4 cm³/mol. The van der Waals surface area contributed by atoms with Gasteiger partial charge in [-0.15, -0.1) is 0 Å². The summed E-state index contributed by atoms with van der Waals surface area (Å²) >= 11 is 0. The fraction of sp³-hybridized carbons (Fsp3) is 0.0667. The molecule has 0 unspecified atom stereocenters. The van der Waals surface area contributed by atoms with E-state index in [1.807, 2.05) is 59.3 Å². The highest BCUT2D eigenvalue weighted by Gasteiger charge is 2.31. The van der Waals surface area contributed by atoms with Crippen molar-refractivity contribution in [3.05, 3.63) is 54.2 Å². The zero-order valence-corrected chi connectivity index (χ0v) is 12.4. The number of rotatable bonds is 2. The van der Waals surface area contributed by atoms with Gasteiger partial charge < -0.3 is 21.7 Å². The van der Waals surface area contributed by atoms with Gasteiger partial charge in [-0.3, -0.25) is 0 Å². The molecule has 0 fully saturated rings. The van der Waals surface area contributed by atoms with Gasteiger partial charge in [0.1, 0.15) is 5.75 Å². The molecule has 0 radical (unpaired) electrons. The van der Waals surface area contributed by atoms with Crippen molar-refractivity contribution in [2.75, 3.05) is 12.4 Å². The van der Waals surface area contributed by atoms with E-state index >= 15 is 0 Å². The van der Waals surface area contributed by atoms with Crippen LogP contribution < -0.4 is 31.6 Å². The van der Waals surface area contributed by atoms with E-state index in [2.05, 4.69) is 5.32 Å². The van der Waals surface area contributed by atoms with E-state index in [1.165, 1.54) is 0 Å². The van der Waals surface area contributed by atoms with Crippen molar-refractivity contribution in [1.82, 2.24) is 0 Å². The maximum absolute atomic E-state index is 11.9. The summed E-state index contributed by atoms with van der Waals surface area (Å²) in [6.07, 6.45) is 3.72. The molecule has 2 heterocycles. The molecule has 0 bridgehead atoms. The number of carbonyl (C=O) groups excluding carboxylic acids is 1. The van der Waals surface area contributed by atoms with Gasteiger partial charge in [-0.25, -0.2) is 10.1 Å². The van der Waals surface area contributed by atoms with Crippen molar-refractivity contribution < 1.29 is 31.1 Å². The minimum atomic E-state index is -0.0954. The van der Waals surface area contributed by atoms with Crippen molar-refractivity contribution in [3.8, 4) is 5.75 Å². The molecule has 0 aliphatic carbocycles. The third-order valence-corrected chi connectivity index (χ3v) is 3.01. The number of nitrogens with zero attached hydrogens (tertiary/aromatic N) is 1. The summed E-state index contributed by atoms with van der Waals surface area (Å²) in [5, 5.41) is 2.82. The lowest BCUT2D eigenvalue weighted by Gasteiger charge is -1.99. The number of hydrogen-bond acceptors (Lipinski definition) is 2. The molecule has 1 aliphatic heterocycles. The summed E-state index contributed by atoms with van der Waals surface area (Å²) in [6, 6.07) is 13.2. The van der Waals surface area contributed by atoms with Crippen molar-refractivity contribution >= 4 is 23.5 Å². The number of aromatic nitrogens is 1. The van der Waals surface area contributed by atoms with Crippen LogP contribution in [0.3, 0.4) is 0 Å². The van der Waals surface area contributed by atoms with Gasteiger partial charge in [0, 0.05) is 12.1 Å². The maximum atomic E-state index is 11.9. The largest absolute Gasteiger partial charge is 1.00 e. The lowest BCUT2D eigenvalue weighted by atomic mass is 10.2. The Balaban J connectivity index is 0.00000147. The molecule has 1 aromatic carbocycles. The summed E-state index contributed by atoms with van der Waals surface area (Å²) in [7, 11) is 1.63.